The van der Waals surface area contributed by atoms with Crippen molar-refractivity contribution in [3.8, 4) is 0 Å². The Morgan fingerprint density at radius 2 is 2.16 bits per heavy atom. The lowest BCUT2D eigenvalue weighted by Gasteiger charge is -2.25. The Morgan fingerprint density at radius 1 is 1.37 bits per heavy atom. The molecule has 1 aromatic carbocycles. The number of nitrogens with one attached hydrogen (secondary N) is 1. The van der Waals surface area contributed by atoms with Crippen LogP contribution in [0.25, 0.3) is 0 Å². The summed E-state index contributed by atoms with van der Waals surface area (Å²) >= 11 is 0. The van der Waals surface area contributed by atoms with Crippen molar-refractivity contribution in [2.24, 2.45) is 5.92 Å². The number of hydrogen-bond donors (Lipinski definition) is 1. The van der Waals surface area contributed by atoms with E-state index >= 15 is 0 Å². The highest BCUT2D eigenvalue weighted by Crippen LogP contribution is 2.32. The van der Waals surface area contributed by atoms with E-state index in [4.69, 9.17) is 9.47 Å². The van der Waals surface area contributed by atoms with E-state index in [9.17, 15) is 0 Å². The van der Waals surface area contributed by atoms with Crippen molar-refractivity contribution in [2.75, 3.05) is 33.4 Å². The van der Waals surface area contributed by atoms with Gasteiger partial charge in [0.05, 0.1) is 12.7 Å². The van der Waals surface area contributed by atoms with Crippen molar-refractivity contribution in [1.82, 2.24) is 5.32 Å². The summed E-state index contributed by atoms with van der Waals surface area (Å²) in [5, 5.41) is 3.46. The predicted molar refractivity (Wildman–Crippen MR) is 77.4 cm³/mol. The molecule has 3 heteroatoms. The summed E-state index contributed by atoms with van der Waals surface area (Å²) in [4.78, 5) is 0. The van der Waals surface area contributed by atoms with Gasteiger partial charge in [0, 0.05) is 38.6 Å². The van der Waals surface area contributed by atoms with Gasteiger partial charge >= 0.3 is 0 Å². The molecule has 1 heterocycles. The van der Waals surface area contributed by atoms with E-state index in [1.807, 2.05) is 0 Å². The molecule has 3 atom stereocenters. The predicted octanol–water partition coefficient (Wildman–Crippen LogP) is 2.43. The van der Waals surface area contributed by atoms with Gasteiger partial charge in [0.25, 0.3) is 0 Å². The van der Waals surface area contributed by atoms with Gasteiger partial charge in [-0.25, -0.2) is 0 Å². The SMILES string of the molecule is COCCNCC1CCOC1C(C)c1ccccc1. The van der Waals surface area contributed by atoms with Gasteiger partial charge in [-0.15, -0.1) is 0 Å². The van der Waals surface area contributed by atoms with Crippen molar-refractivity contribution < 1.29 is 9.47 Å². The summed E-state index contributed by atoms with van der Waals surface area (Å²) in [6, 6.07) is 10.7. The fourth-order valence-electron chi connectivity index (χ4n) is 2.83. The maximum Gasteiger partial charge on any atom is 0.0681 e. The standard InChI is InChI=1S/C16H25NO2/c1-13(14-6-4-3-5-7-14)16-15(8-10-19-16)12-17-9-11-18-2/h3-7,13,15-17H,8-12H2,1-2H3. The van der Waals surface area contributed by atoms with Crippen molar-refractivity contribution in [1.29, 1.82) is 0 Å². The van der Waals surface area contributed by atoms with E-state index in [0.717, 1.165) is 32.7 Å². The highest BCUT2D eigenvalue weighted by Gasteiger charge is 2.32. The average molecular weight is 263 g/mol. The molecule has 3 nitrogen and oxygen atoms in total. The zero-order valence-electron chi connectivity index (χ0n) is 12.0. The van der Waals surface area contributed by atoms with Gasteiger partial charge in [-0.05, 0) is 12.0 Å². The second kappa shape index (κ2) is 7.63. The number of rotatable bonds is 7. The lowest BCUT2D eigenvalue weighted by atomic mass is 9.87. The molecule has 3 unspecified atom stereocenters. The first kappa shape index (κ1) is 14.5. The molecular weight excluding hydrogens is 238 g/mol. The van der Waals surface area contributed by atoms with Crippen LogP contribution in [0.2, 0.25) is 0 Å². The van der Waals surface area contributed by atoms with Gasteiger partial charge in [0.2, 0.25) is 0 Å². The monoisotopic (exact) mass is 263 g/mol. The molecule has 1 fully saturated rings. The largest absolute Gasteiger partial charge is 0.383 e. The van der Waals surface area contributed by atoms with Crippen molar-refractivity contribution in [3.05, 3.63) is 35.9 Å². The summed E-state index contributed by atoms with van der Waals surface area (Å²) in [5.41, 5.74) is 1.37. The molecule has 0 aliphatic carbocycles. The average Bonchev–Trinajstić information content (AvgIpc) is 2.92. The number of methoxy groups -OCH3 is 1. The zero-order valence-corrected chi connectivity index (χ0v) is 12.0. The van der Waals surface area contributed by atoms with Gasteiger partial charge in [0.1, 0.15) is 0 Å². The Labute approximate surface area is 116 Å². The van der Waals surface area contributed by atoms with E-state index < -0.39 is 0 Å². The van der Waals surface area contributed by atoms with Gasteiger partial charge in [-0.2, -0.15) is 0 Å². The molecule has 0 aromatic heterocycles. The van der Waals surface area contributed by atoms with Crippen LogP contribution in [0.3, 0.4) is 0 Å². The third-order valence-corrected chi connectivity index (χ3v) is 3.97. The minimum absolute atomic E-state index is 0.331. The molecule has 106 valence electrons. The van der Waals surface area contributed by atoms with Gasteiger partial charge < -0.3 is 14.8 Å². The van der Waals surface area contributed by atoms with Crippen LogP contribution in [0.5, 0.6) is 0 Å². The van der Waals surface area contributed by atoms with Gasteiger partial charge in [0.15, 0.2) is 0 Å². The minimum atomic E-state index is 0.331. The zero-order chi connectivity index (χ0) is 13.5. The number of hydrogen-bond acceptors (Lipinski definition) is 3. The molecule has 0 radical (unpaired) electrons. The summed E-state index contributed by atoms with van der Waals surface area (Å²) < 4.78 is 11.0. The lowest BCUT2D eigenvalue weighted by molar-refractivity contribution is 0.0714. The van der Waals surface area contributed by atoms with Crippen molar-refractivity contribution in [2.45, 2.75) is 25.4 Å². The molecule has 1 aliphatic heterocycles. The molecule has 1 aromatic rings. The van der Waals surface area contributed by atoms with Crippen LogP contribution in [0.4, 0.5) is 0 Å². The molecule has 0 bridgehead atoms. The first-order chi connectivity index (χ1) is 9.33. The van der Waals surface area contributed by atoms with E-state index in [1.54, 1.807) is 7.11 Å². The molecule has 0 spiro atoms. The molecule has 2 rings (SSSR count). The fraction of sp³-hybridized carbons (Fsp3) is 0.625. The van der Waals surface area contributed by atoms with E-state index in [-0.39, 0.29) is 0 Å². The highest BCUT2D eigenvalue weighted by atomic mass is 16.5. The highest BCUT2D eigenvalue weighted by molar-refractivity contribution is 5.20. The summed E-state index contributed by atoms with van der Waals surface area (Å²) in [6.45, 7) is 5.86. The first-order valence-electron chi connectivity index (χ1n) is 7.19. The lowest BCUT2D eigenvalue weighted by Crippen LogP contribution is -2.33. The Hall–Kier alpha value is -0.900. The van der Waals surface area contributed by atoms with E-state index in [0.29, 0.717) is 17.9 Å². The Kier molecular flexibility index (Phi) is 5.83. The molecule has 0 amide bonds. The third-order valence-electron chi connectivity index (χ3n) is 3.97. The Bertz CT molecular complexity index is 355. The molecule has 0 saturated carbocycles. The summed E-state index contributed by atoms with van der Waals surface area (Å²) in [6.07, 6.45) is 1.49. The van der Waals surface area contributed by atoms with Crippen LogP contribution < -0.4 is 5.32 Å². The quantitative estimate of drug-likeness (QED) is 0.766. The maximum absolute atomic E-state index is 5.97. The van der Waals surface area contributed by atoms with Crippen LogP contribution in [0, 0.1) is 5.92 Å². The number of benzene rings is 1. The van der Waals surface area contributed by atoms with Gasteiger partial charge in [-0.1, -0.05) is 37.3 Å². The Balaban J connectivity index is 1.87. The second-order valence-electron chi connectivity index (χ2n) is 5.28. The molecule has 1 aliphatic rings. The Morgan fingerprint density at radius 3 is 2.89 bits per heavy atom. The molecule has 1 N–H and O–H groups in total. The van der Waals surface area contributed by atoms with Crippen LogP contribution in [-0.2, 0) is 9.47 Å². The normalized spacial score (nSPS) is 24.5. The fourth-order valence-corrected chi connectivity index (χ4v) is 2.83. The molecular formula is C16H25NO2. The van der Waals surface area contributed by atoms with E-state index in [2.05, 4.69) is 42.6 Å². The van der Waals surface area contributed by atoms with Crippen LogP contribution in [-0.4, -0.2) is 39.5 Å². The van der Waals surface area contributed by atoms with Crippen molar-refractivity contribution in [3.63, 3.8) is 0 Å². The molecule has 1 saturated heterocycles. The van der Waals surface area contributed by atoms with Gasteiger partial charge in [-0.3, -0.25) is 0 Å². The summed E-state index contributed by atoms with van der Waals surface area (Å²) in [5.74, 6) is 1.06. The van der Waals surface area contributed by atoms with Crippen LogP contribution >= 0.6 is 0 Å². The van der Waals surface area contributed by atoms with Crippen LogP contribution in [0.1, 0.15) is 24.8 Å². The summed E-state index contributed by atoms with van der Waals surface area (Å²) in [7, 11) is 1.74. The van der Waals surface area contributed by atoms with E-state index in [1.165, 1.54) is 5.56 Å². The minimum Gasteiger partial charge on any atom is -0.383 e. The third kappa shape index (κ3) is 4.03. The van der Waals surface area contributed by atoms with Crippen molar-refractivity contribution >= 4 is 0 Å². The first-order valence-corrected chi connectivity index (χ1v) is 7.19. The topological polar surface area (TPSA) is 30.5 Å². The van der Waals surface area contributed by atoms with Crippen LogP contribution in [0.15, 0.2) is 30.3 Å². The molecule has 19 heavy (non-hydrogen) atoms. The second-order valence-corrected chi connectivity index (χ2v) is 5.28. The number of ether oxygens (including phenoxy) is 2. The maximum atomic E-state index is 5.97. The smallest absolute Gasteiger partial charge is 0.0681 e.